The normalized spacial score (nSPS) is 14.9. The van der Waals surface area contributed by atoms with E-state index in [9.17, 15) is 4.79 Å². The lowest BCUT2D eigenvalue weighted by molar-refractivity contribution is 0.1000. The molecule has 3 rings (SSSR count). The van der Waals surface area contributed by atoms with Gasteiger partial charge in [-0.2, -0.15) is 0 Å². The number of rotatable bonds is 4. The van der Waals surface area contributed by atoms with E-state index in [1.807, 2.05) is 57.2 Å². The number of carbonyl (C=O) groups is 1. The van der Waals surface area contributed by atoms with Gasteiger partial charge < -0.3 is 14.2 Å². The molecule has 25 heavy (non-hydrogen) atoms. The zero-order chi connectivity index (χ0) is 18.0. The molecule has 2 aromatic rings. The van der Waals surface area contributed by atoms with Crippen molar-refractivity contribution in [2.45, 2.75) is 20.8 Å². The van der Waals surface area contributed by atoms with Crippen LogP contribution in [0.15, 0.2) is 35.9 Å². The molecule has 0 spiro atoms. The second kappa shape index (κ2) is 7.01. The van der Waals surface area contributed by atoms with Crippen LogP contribution in [-0.2, 0) is 0 Å². The SMILES string of the molecule is CCOc1ccc(/C=C2\COc3cc(C)cc(C)c3C2=O)cc1OC. The van der Waals surface area contributed by atoms with Gasteiger partial charge in [0.15, 0.2) is 17.3 Å². The van der Waals surface area contributed by atoms with E-state index in [1.165, 1.54) is 0 Å². The van der Waals surface area contributed by atoms with Gasteiger partial charge in [0.1, 0.15) is 12.4 Å². The lowest BCUT2D eigenvalue weighted by Gasteiger charge is -2.21. The highest BCUT2D eigenvalue weighted by atomic mass is 16.5. The fraction of sp³-hybridized carbons (Fsp3) is 0.286. The lowest BCUT2D eigenvalue weighted by Crippen LogP contribution is -2.20. The topological polar surface area (TPSA) is 44.8 Å². The Bertz CT molecular complexity index is 849. The van der Waals surface area contributed by atoms with Crippen LogP contribution in [0.25, 0.3) is 6.08 Å². The minimum Gasteiger partial charge on any atom is -0.493 e. The van der Waals surface area contributed by atoms with Gasteiger partial charge in [-0.25, -0.2) is 0 Å². The molecule has 130 valence electrons. The van der Waals surface area contributed by atoms with Crippen molar-refractivity contribution in [3.8, 4) is 17.2 Å². The number of aryl methyl sites for hydroxylation is 2. The minimum atomic E-state index is 0.0200. The third-order valence-corrected chi connectivity index (χ3v) is 4.17. The van der Waals surface area contributed by atoms with E-state index in [2.05, 4.69) is 0 Å². The quantitative estimate of drug-likeness (QED) is 0.777. The van der Waals surface area contributed by atoms with E-state index in [0.29, 0.717) is 35.0 Å². The molecule has 0 unspecified atom stereocenters. The second-order valence-electron chi connectivity index (χ2n) is 6.09. The molecule has 1 aliphatic rings. The third-order valence-electron chi connectivity index (χ3n) is 4.17. The van der Waals surface area contributed by atoms with Gasteiger partial charge in [-0.1, -0.05) is 12.1 Å². The molecule has 0 bridgehead atoms. The Morgan fingerprint density at radius 3 is 2.68 bits per heavy atom. The Balaban J connectivity index is 1.96. The van der Waals surface area contributed by atoms with Crippen LogP contribution < -0.4 is 14.2 Å². The summed E-state index contributed by atoms with van der Waals surface area (Å²) in [5.74, 6) is 2.03. The summed E-state index contributed by atoms with van der Waals surface area (Å²) >= 11 is 0. The Labute approximate surface area is 148 Å². The third kappa shape index (κ3) is 3.38. The van der Waals surface area contributed by atoms with Crippen LogP contribution in [0.1, 0.15) is 34.0 Å². The first-order valence-electron chi connectivity index (χ1n) is 8.33. The summed E-state index contributed by atoms with van der Waals surface area (Å²) in [5.41, 5.74) is 4.19. The monoisotopic (exact) mass is 338 g/mol. The summed E-state index contributed by atoms with van der Waals surface area (Å²) < 4.78 is 16.7. The Morgan fingerprint density at radius 2 is 1.96 bits per heavy atom. The van der Waals surface area contributed by atoms with Crippen LogP contribution in [0.5, 0.6) is 17.2 Å². The van der Waals surface area contributed by atoms with Crippen molar-refractivity contribution in [1.82, 2.24) is 0 Å². The first kappa shape index (κ1) is 17.1. The van der Waals surface area contributed by atoms with Crippen molar-refractivity contribution in [3.05, 3.63) is 58.2 Å². The summed E-state index contributed by atoms with van der Waals surface area (Å²) in [4.78, 5) is 12.9. The molecule has 0 fully saturated rings. The average molecular weight is 338 g/mol. The summed E-state index contributed by atoms with van der Waals surface area (Å²) in [6.45, 7) is 6.70. The molecule has 0 saturated carbocycles. The van der Waals surface area contributed by atoms with Crippen LogP contribution in [0, 0.1) is 13.8 Å². The first-order valence-corrected chi connectivity index (χ1v) is 8.33. The number of hydrogen-bond donors (Lipinski definition) is 0. The average Bonchev–Trinajstić information content (AvgIpc) is 2.58. The van der Waals surface area contributed by atoms with Crippen molar-refractivity contribution in [3.63, 3.8) is 0 Å². The maximum atomic E-state index is 12.9. The fourth-order valence-corrected chi connectivity index (χ4v) is 3.07. The largest absolute Gasteiger partial charge is 0.493 e. The summed E-state index contributed by atoms with van der Waals surface area (Å²) in [7, 11) is 1.60. The Morgan fingerprint density at radius 1 is 1.16 bits per heavy atom. The number of carbonyl (C=O) groups excluding carboxylic acids is 1. The van der Waals surface area contributed by atoms with Gasteiger partial charge in [-0.15, -0.1) is 0 Å². The second-order valence-corrected chi connectivity index (χ2v) is 6.09. The van der Waals surface area contributed by atoms with E-state index in [0.717, 1.165) is 16.7 Å². The van der Waals surface area contributed by atoms with Gasteiger partial charge in [0.25, 0.3) is 0 Å². The molecule has 0 saturated heterocycles. The van der Waals surface area contributed by atoms with Gasteiger partial charge in [0.05, 0.1) is 19.3 Å². The highest BCUT2D eigenvalue weighted by Gasteiger charge is 2.25. The summed E-state index contributed by atoms with van der Waals surface area (Å²) in [5, 5.41) is 0. The smallest absolute Gasteiger partial charge is 0.196 e. The highest BCUT2D eigenvalue weighted by Crippen LogP contribution is 2.33. The van der Waals surface area contributed by atoms with Crippen molar-refractivity contribution >= 4 is 11.9 Å². The van der Waals surface area contributed by atoms with Gasteiger partial charge in [0, 0.05) is 5.57 Å². The van der Waals surface area contributed by atoms with Crippen molar-refractivity contribution in [1.29, 1.82) is 0 Å². The number of Topliss-reactive ketones (excluding diaryl/α,β-unsaturated/α-hetero) is 1. The van der Waals surface area contributed by atoms with Gasteiger partial charge in [-0.3, -0.25) is 4.79 Å². The Hall–Kier alpha value is -2.75. The number of ketones is 1. The van der Waals surface area contributed by atoms with E-state index < -0.39 is 0 Å². The zero-order valence-electron chi connectivity index (χ0n) is 15.0. The number of ether oxygens (including phenoxy) is 3. The highest BCUT2D eigenvalue weighted by molar-refractivity contribution is 6.14. The fourth-order valence-electron chi connectivity index (χ4n) is 3.07. The van der Waals surface area contributed by atoms with Crippen LogP contribution in [0.3, 0.4) is 0 Å². The van der Waals surface area contributed by atoms with E-state index in [-0.39, 0.29) is 12.4 Å². The Kier molecular flexibility index (Phi) is 4.79. The number of benzene rings is 2. The molecular formula is C21H22O4. The van der Waals surface area contributed by atoms with E-state index in [4.69, 9.17) is 14.2 Å². The lowest BCUT2D eigenvalue weighted by atomic mass is 9.93. The van der Waals surface area contributed by atoms with Crippen LogP contribution in [-0.4, -0.2) is 26.1 Å². The van der Waals surface area contributed by atoms with Crippen LogP contribution in [0.4, 0.5) is 0 Å². The molecule has 0 atom stereocenters. The predicted molar refractivity (Wildman–Crippen MR) is 97.9 cm³/mol. The number of fused-ring (bicyclic) bond motifs is 1. The number of methoxy groups -OCH3 is 1. The molecule has 1 aliphatic heterocycles. The van der Waals surface area contributed by atoms with Crippen molar-refractivity contribution in [2.75, 3.05) is 20.3 Å². The molecule has 0 N–H and O–H groups in total. The molecule has 4 nitrogen and oxygen atoms in total. The molecule has 2 aromatic carbocycles. The molecule has 0 aliphatic carbocycles. The molecule has 1 heterocycles. The van der Waals surface area contributed by atoms with Gasteiger partial charge >= 0.3 is 0 Å². The predicted octanol–water partition coefficient (Wildman–Crippen LogP) is 4.37. The molecule has 4 heteroatoms. The molecule has 0 amide bonds. The van der Waals surface area contributed by atoms with Crippen molar-refractivity contribution in [2.24, 2.45) is 0 Å². The molecule has 0 aromatic heterocycles. The summed E-state index contributed by atoms with van der Waals surface area (Å²) in [6.07, 6.45) is 1.85. The minimum absolute atomic E-state index is 0.0200. The zero-order valence-corrected chi connectivity index (χ0v) is 15.0. The van der Waals surface area contributed by atoms with Crippen LogP contribution in [0.2, 0.25) is 0 Å². The van der Waals surface area contributed by atoms with Gasteiger partial charge in [0.2, 0.25) is 0 Å². The van der Waals surface area contributed by atoms with E-state index in [1.54, 1.807) is 7.11 Å². The summed E-state index contributed by atoms with van der Waals surface area (Å²) in [6, 6.07) is 9.54. The standard InChI is InChI=1S/C21H22O4/c1-5-24-17-7-6-15(11-18(17)23-4)10-16-12-25-19-9-13(2)8-14(3)20(19)21(16)22/h6-11H,5,12H2,1-4H3/b16-10+. The first-order chi connectivity index (χ1) is 12.0. The maximum absolute atomic E-state index is 12.9. The van der Waals surface area contributed by atoms with E-state index >= 15 is 0 Å². The maximum Gasteiger partial charge on any atom is 0.196 e. The van der Waals surface area contributed by atoms with Gasteiger partial charge in [-0.05, 0) is 61.7 Å². The van der Waals surface area contributed by atoms with Crippen LogP contribution >= 0.6 is 0 Å². The molecular weight excluding hydrogens is 316 g/mol. The number of hydrogen-bond acceptors (Lipinski definition) is 4. The molecule has 0 radical (unpaired) electrons. The van der Waals surface area contributed by atoms with Crippen molar-refractivity contribution < 1.29 is 19.0 Å².